The molecule has 0 aliphatic carbocycles. The van der Waals surface area contributed by atoms with Gasteiger partial charge in [-0.15, -0.1) is 11.3 Å². The molecule has 5 heteroatoms. The number of aromatic nitrogens is 4. The van der Waals surface area contributed by atoms with Crippen LogP contribution >= 0.6 is 11.3 Å². The molecule has 0 aliphatic heterocycles. The Morgan fingerprint density at radius 1 is 1.29 bits per heavy atom. The van der Waals surface area contributed by atoms with E-state index in [0.29, 0.717) is 0 Å². The maximum Gasteiger partial charge on any atom is 0.192 e. The highest BCUT2D eigenvalue weighted by molar-refractivity contribution is 7.14. The van der Waals surface area contributed by atoms with Crippen LogP contribution in [-0.4, -0.2) is 19.7 Å². The van der Waals surface area contributed by atoms with Gasteiger partial charge >= 0.3 is 0 Å². The zero-order chi connectivity index (χ0) is 10.6. The van der Waals surface area contributed by atoms with Gasteiger partial charge in [0.15, 0.2) is 5.82 Å². The molecule has 0 aromatic carbocycles. The smallest absolute Gasteiger partial charge is 0.192 e. The van der Waals surface area contributed by atoms with Gasteiger partial charge in [-0.25, -0.2) is 9.97 Å². The molecule has 2 heterocycles. The minimum atomic E-state index is 0.753. The van der Waals surface area contributed by atoms with Crippen molar-refractivity contribution >= 4 is 11.3 Å². The molecule has 0 saturated carbocycles. The van der Waals surface area contributed by atoms with Gasteiger partial charge in [0, 0.05) is 13.2 Å². The van der Waals surface area contributed by atoms with Crippen LogP contribution in [0.2, 0.25) is 0 Å². The minimum absolute atomic E-state index is 0.753. The van der Waals surface area contributed by atoms with Crippen LogP contribution in [0.15, 0.2) is 12.5 Å². The van der Waals surface area contributed by atoms with Gasteiger partial charge in [0.05, 0.1) is 9.88 Å². The van der Waals surface area contributed by atoms with Crippen molar-refractivity contribution in [2.45, 2.75) is 20.8 Å². The molecule has 2 aromatic rings. The lowest BCUT2D eigenvalue weighted by Crippen LogP contribution is -1.86. The van der Waals surface area contributed by atoms with Crippen LogP contribution in [0.4, 0.5) is 0 Å². The molecule has 0 aliphatic rings. The molecule has 2 rings (SSSR count). The summed E-state index contributed by atoms with van der Waals surface area (Å²) in [6.07, 6.45) is 3.49. The summed E-state index contributed by atoms with van der Waals surface area (Å²) in [5.41, 5.74) is 0. The Morgan fingerprint density at radius 3 is 2.43 bits per heavy atom. The first-order valence-corrected chi connectivity index (χ1v) is 5.36. The second kappa shape index (κ2) is 4.85. The lowest BCUT2D eigenvalue weighted by molar-refractivity contribution is 0.768. The Kier molecular flexibility index (Phi) is 3.76. The van der Waals surface area contributed by atoms with Gasteiger partial charge in [0.25, 0.3) is 0 Å². The predicted molar refractivity (Wildman–Crippen MR) is 58.2 cm³/mol. The third-order valence-electron chi connectivity index (χ3n) is 1.44. The van der Waals surface area contributed by atoms with E-state index in [1.165, 1.54) is 0 Å². The highest BCUT2D eigenvalue weighted by atomic mass is 32.1. The van der Waals surface area contributed by atoms with Gasteiger partial charge in [-0.2, -0.15) is 5.10 Å². The lowest BCUT2D eigenvalue weighted by Gasteiger charge is -1.83. The fourth-order valence-electron chi connectivity index (χ4n) is 0.917. The number of aryl methyl sites for hydroxylation is 2. The van der Waals surface area contributed by atoms with E-state index in [-0.39, 0.29) is 0 Å². The summed E-state index contributed by atoms with van der Waals surface area (Å²) >= 11 is 1.60. The van der Waals surface area contributed by atoms with E-state index in [0.717, 1.165) is 15.7 Å². The highest BCUT2D eigenvalue weighted by Gasteiger charge is 2.05. The fourth-order valence-corrected chi connectivity index (χ4v) is 1.63. The van der Waals surface area contributed by atoms with Gasteiger partial charge in [0.1, 0.15) is 6.33 Å². The molecular weight excluding hydrogens is 196 g/mol. The highest BCUT2D eigenvalue weighted by Crippen LogP contribution is 2.21. The Bertz CT molecular complexity index is 353. The van der Waals surface area contributed by atoms with Crippen LogP contribution in [0.25, 0.3) is 10.7 Å². The predicted octanol–water partition coefficient (Wildman–Crippen LogP) is 2.27. The van der Waals surface area contributed by atoms with E-state index in [1.54, 1.807) is 28.5 Å². The molecule has 0 saturated heterocycles. The molecule has 0 N–H and O–H groups in total. The van der Waals surface area contributed by atoms with Gasteiger partial charge < -0.3 is 0 Å². The summed E-state index contributed by atoms with van der Waals surface area (Å²) < 4.78 is 1.68. The van der Waals surface area contributed by atoms with Crippen molar-refractivity contribution < 1.29 is 0 Å². The number of nitrogens with zero attached hydrogens (tertiary/aromatic N) is 4. The standard InChI is InChI=1S/C7H8N4S.C2H6/c1-5-8-3-6(12-5)7-9-4-11(2)10-7;1-2/h3-4H,1-2H3;1-2H3. The largest absolute Gasteiger partial charge is 0.255 e. The van der Waals surface area contributed by atoms with Gasteiger partial charge in [-0.3, -0.25) is 4.68 Å². The van der Waals surface area contributed by atoms with Gasteiger partial charge in [-0.05, 0) is 6.92 Å². The SMILES string of the molecule is CC.Cc1ncc(-c2ncn(C)n2)s1. The maximum atomic E-state index is 4.17. The first-order valence-electron chi connectivity index (χ1n) is 4.54. The first-order chi connectivity index (χ1) is 6.75. The fraction of sp³-hybridized carbons (Fsp3) is 0.444. The molecule has 14 heavy (non-hydrogen) atoms. The summed E-state index contributed by atoms with van der Waals surface area (Å²) in [6, 6.07) is 0. The van der Waals surface area contributed by atoms with Crippen molar-refractivity contribution in [3.8, 4) is 10.7 Å². The van der Waals surface area contributed by atoms with Crippen LogP contribution in [0, 0.1) is 6.92 Å². The number of thiazole rings is 1. The van der Waals surface area contributed by atoms with Crippen LogP contribution < -0.4 is 0 Å². The average molecular weight is 210 g/mol. The van der Waals surface area contributed by atoms with Crippen molar-refractivity contribution in [2.75, 3.05) is 0 Å². The molecule has 2 aromatic heterocycles. The summed E-state index contributed by atoms with van der Waals surface area (Å²) in [5.74, 6) is 0.753. The summed E-state index contributed by atoms with van der Waals surface area (Å²) in [4.78, 5) is 9.27. The van der Waals surface area contributed by atoms with Crippen molar-refractivity contribution in [1.29, 1.82) is 0 Å². The second-order valence-electron chi connectivity index (χ2n) is 2.49. The van der Waals surface area contributed by atoms with Gasteiger partial charge in [0.2, 0.25) is 0 Å². The molecule has 0 spiro atoms. The van der Waals surface area contributed by atoms with Crippen molar-refractivity contribution in [1.82, 2.24) is 19.7 Å². The topological polar surface area (TPSA) is 43.6 Å². The Hall–Kier alpha value is -1.23. The number of hydrogen-bond donors (Lipinski definition) is 0. The molecule has 0 atom stereocenters. The molecule has 0 amide bonds. The van der Waals surface area contributed by atoms with Crippen LogP contribution in [-0.2, 0) is 7.05 Å². The number of rotatable bonds is 1. The van der Waals surface area contributed by atoms with Crippen molar-refractivity contribution in [3.63, 3.8) is 0 Å². The molecule has 0 unspecified atom stereocenters. The zero-order valence-corrected chi connectivity index (χ0v) is 9.67. The van der Waals surface area contributed by atoms with Crippen molar-refractivity contribution in [3.05, 3.63) is 17.5 Å². The third-order valence-corrected chi connectivity index (χ3v) is 2.35. The summed E-state index contributed by atoms with van der Waals surface area (Å²) in [5, 5.41) is 5.21. The van der Waals surface area contributed by atoms with E-state index in [9.17, 15) is 0 Å². The zero-order valence-electron chi connectivity index (χ0n) is 8.85. The minimum Gasteiger partial charge on any atom is -0.255 e. The van der Waals surface area contributed by atoms with Crippen LogP contribution in [0.5, 0.6) is 0 Å². The molecule has 0 fully saturated rings. The third kappa shape index (κ3) is 2.38. The lowest BCUT2D eigenvalue weighted by atomic mass is 10.5. The monoisotopic (exact) mass is 210 g/mol. The van der Waals surface area contributed by atoms with E-state index < -0.39 is 0 Å². The van der Waals surface area contributed by atoms with E-state index >= 15 is 0 Å². The second-order valence-corrected chi connectivity index (χ2v) is 3.72. The Balaban J connectivity index is 0.000000461. The van der Waals surface area contributed by atoms with Crippen LogP contribution in [0.3, 0.4) is 0 Å². The van der Waals surface area contributed by atoms with Gasteiger partial charge in [-0.1, -0.05) is 13.8 Å². The van der Waals surface area contributed by atoms with E-state index in [1.807, 2.05) is 27.8 Å². The Labute approximate surface area is 87.6 Å². The van der Waals surface area contributed by atoms with E-state index in [2.05, 4.69) is 15.1 Å². The molecule has 76 valence electrons. The molecular formula is C9H14N4S. The summed E-state index contributed by atoms with van der Waals surface area (Å²) in [7, 11) is 1.85. The van der Waals surface area contributed by atoms with Crippen LogP contribution in [0.1, 0.15) is 18.9 Å². The quantitative estimate of drug-likeness (QED) is 0.725. The van der Waals surface area contributed by atoms with E-state index in [4.69, 9.17) is 0 Å². The number of hydrogen-bond acceptors (Lipinski definition) is 4. The molecule has 4 nitrogen and oxygen atoms in total. The summed E-state index contributed by atoms with van der Waals surface area (Å²) in [6.45, 7) is 5.97. The Morgan fingerprint density at radius 2 is 2.00 bits per heavy atom. The van der Waals surface area contributed by atoms with Crippen molar-refractivity contribution in [2.24, 2.45) is 7.05 Å². The normalized spacial score (nSPS) is 9.43. The molecule has 0 bridgehead atoms. The first kappa shape index (κ1) is 10.8. The maximum absolute atomic E-state index is 4.17. The molecule has 0 radical (unpaired) electrons. The average Bonchev–Trinajstić information content (AvgIpc) is 2.78.